The molecule has 2 rings (SSSR count). The van der Waals surface area contributed by atoms with Gasteiger partial charge in [-0.1, -0.05) is 5.16 Å². The molecule has 0 fully saturated rings. The Labute approximate surface area is 89.9 Å². The summed E-state index contributed by atoms with van der Waals surface area (Å²) in [6.45, 7) is 1.87. The molecule has 0 unspecified atom stereocenters. The third-order valence-electron chi connectivity index (χ3n) is 1.75. The highest BCUT2D eigenvalue weighted by Crippen LogP contribution is 2.10. The van der Waals surface area contributed by atoms with Crippen LogP contribution in [0.5, 0.6) is 0 Å². The number of anilines is 2. The smallest absolute Gasteiger partial charge is 0.223 e. The number of rotatable bonds is 3. The van der Waals surface area contributed by atoms with Crippen LogP contribution in [0.2, 0.25) is 0 Å². The van der Waals surface area contributed by atoms with Crippen LogP contribution in [0.3, 0.4) is 0 Å². The molecule has 2 aromatic heterocycles. The highest BCUT2D eigenvalue weighted by molar-refractivity contribution is 5.39. The van der Waals surface area contributed by atoms with Gasteiger partial charge in [-0.3, -0.25) is 0 Å². The van der Waals surface area contributed by atoms with Gasteiger partial charge in [0.1, 0.15) is 0 Å². The van der Waals surface area contributed by atoms with Crippen LogP contribution in [0.1, 0.15) is 11.7 Å². The van der Waals surface area contributed by atoms with Crippen LogP contribution >= 0.6 is 0 Å². The molecule has 8 heteroatoms. The van der Waals surface area contributed by atoms with Crippen LogP contribution in [0.4, 0.5) is 16.2 Å². The second kappa shape index (κ2) is 4.09. The first kappa shape index (κ1) is 10.3. The van der Waals surface area contributed by atoms with Gasteiger partial charge in [-0.25, -0.2) is 9.37 Å². The Morgan fingerprint density at radius 3 is 3.00 bits per heavy atom. The van der Waals surface area contributed by atoms with Gasteiger partial charge in [0.15, 0.2) is 17.5 Å². The van der Waals surface area contributed by atoms with Crippen LogP contribution in [0.15, 0.2) is 10.7 Å². The molecule has 0 atom stereocenters. The van der Waals surface area contributed by atoms with Crippen molar-refractivity contribution in [2.24, 2.45) is 0 Å². The van der Waals surface area contributed by atoms with Crippen LogP contribution in [-0.2, 0) is 6.54 Å². The van der Waals surface area contributed by atoms with Crippen molar-refractivity contribution in [3.8, 4) is 0 Å². The fourth-order valence-corrected chi connectivity index (χ4v) is 1.08. The lowest BCUT2D eigenvalue weighted by molar-refractivity contribution is 0.388. The van der Waals surface area contributed by atoms with Crippen LogP contribution < -0.4 is 11.1 Å². The molecule has 0 aromatic carbocycles. The molecule has 0 bridgehead atoms. The molecule has 7 nitrogen and oxygen atoms in total. The van der Waals surface area contributed by atoms with Crippen molar-refractivity contribution in [2.75, 3.05) is 11.1 Å². The maximum Gasteiger partial charge on any atom is 0.223 e. The van der Waals surface area contributed by atoms with E-state index in [1.807, 2.05) is 0 Å². The Morgan fingerprint density at radius 2 is 2.31 bits per heavy atom. The standard InChI is InChI=1S/C8H9FN6O/c1-4-13-6(15-16-4)3-11-7-5(9)2-12-8(10)14-7/h2H,3H2,1H3,(H3,10,11,12,14). The average Bonchev–Trinajstić information content (AvgIpc) is 2.66. The zero-order chi connectivity index (χ0) is 11.5. The van der Waals surface area contributed by atoms with E-state index in [0.29, 0.717) is 11.7 Å². The van der Waals surface area contributed by atoms with Gasteiger partial charge < -0.3 is 15.6 Å². The Bertz CT molecular complexity index is 499. The molecule has 2 heterocycles. The van der Waals surface area contributed by atoms with Gasteiger partial charge in [-0.15, -0.1) is 0 Å². The summed E-state index contributed by atoms with van der Waals surface area (Å²) in [5, 5.41) is 6.33. The second-order valence-corrected chi connectivity index (χ2v) is 3.01. The minimum atomic E-state index is -0.589. The van der Waals surface area contributed by atoms with Crippen molar-refractivity contribution in [3.63, 3.8) is 0 Å². The van der Waals surface area contributed by atoms with E-state index in [0.717, 1.165) is 6.20 Å². The molecule has 0 spiro atoms. The Kier molecular flexibility index (Phi) is 2.63. The average molecular weight is 224 g/mol. The SMILES string of the molecule is Cc1nc(CNc2nc(N)ncc2F)no1. The lowest BCUT2D eigenvalue weighted by Gasteiger charge is -2.03. The largest absolute Gasteiger partial charge is 0.368 e. The van der Waals surface area contributed by atoms with Gasteiger partial charge in [-0.05, 0) is 0 Å². The molecular formula is C8H9FN6O. The Hall–Kier alpha value is -2.25. The quantitative estimate of drug-likeness (QED) is 0.782. The van der Waals surface area contributed by atoms with Crippen molar-refractivity contribution < 1.29 is 8.91 Å². The van der Waals surface area contributed by atoms with E-state index >= 15 is 0 Å². The molecule has 3 N–H and O–H groups in total. The first-order valence-electron chi connectivity index (χ1n) is 4.46. The van der Waals surface area contributed by atoms with Crippen LogP contribution in [0.25, 0.3) is 0 Å². The fourth-order valence-electron chi connectivity index (χ4n) is 1.08. The van der Waals surface area contributed by atoms with Crippen molar-refractivity contribution in [1.29, 1.82) is 0 Å². The van der Waals surface area contributed by atoms with Crippen LogP contribution in [-0.4, -0.2) is 20.1 Å². The van der Waals surface area contributed by atoms with Crippen molar-refractivity contribution in [2.45, 2.75) is 13.5 Å². The highest BCUT2D eigenvalue weighted by atomic mass is 19.1. The van der Waals surface area contributed by atoms with Gasteiger partial charge in [0.05, 0.1) is 12.7 Å². The fraction of sp³-hybridized carbons (Fsp3) is 0.250. The maximum atomic E-state index is 13.2. The minimum absolute atomic E-state index is 0.00630. The molecule has 2 aromatic rings. The van der Waals surface area contributed by atoms with E-state index in [1.54, 1.807) is 6.92 Å². The number of hydrogen-bond donors (Lipinski definition) is 2. The lowest BCUT2D eigenvalue weighted by atomic mass is 10.5. The monoisotopic (exact) mass is 224 g/mol. The molecule has 0 aliphatic rings. The normalized spacial score (nSPS) is 10.4. The molecule has 16 heavy (non-hydrogen) atoms. The third kappa shape index (κ3) is 2.22. The van der Waals surface area contributed by atoms with E-state index in [-0.39, 0.29) is 18.3 Å². The summed E-state index contributed by atoms with van der Waals surface area (Å²) in [6.07, 6.45) is 0.992. The van der Waals surface area contributed by atoms with Gasteiger partial charge in [0.2, 0.25) is 11.8 Å². The van der Waals surface area contributed by atoms with Crippen LogP contribution in [0, 0.1) is 12.7 Å². The predicted octanol–water partition coefficient (Wildman–Crippen LogP) is 0.501. The summed E-state index contributed by atoms with van der Waals surface area (Å²) in [5.41, 5.74) is 5.32. The van der Waals surface area contributed by atoms with E-state index in [4.69, 9.17) is 10.3 Å². The topological polar surface area (TPSA) is 103 Å². The summed E-state index contributed by atoms with van der Waals surface area (Å²) >= 11 is 0. The molecule has 0 aliphatic carbocycles. The van der Waals surface area contributed by atoms with Crippen molar-refractivity contribution in [1.82, 2.24) is 20.1 Å². The number of hydrogen-bond acceptors (Lipinski definition) is 7. The molecule has 0 aliphatic heterocycles. The minimum Gasteiger partial charge on any atom is -0.368 e. The van der Waals surface area contributed by atoms with E-state index in [9.17, 15) is 4.39 Å². The van der Waals surface area contributed by atoms with Gasteiger partial charge in [-0.2, -0.15) is 9.97 Å². The van der Waals surface area contributed by atoms with Gasteiger partial charge in [0, 0.05) is 6.92 Å². The Morgan fingerprint density at radius 1 is 1.50 bits per heavy atom. The summed E-state index contributed by atoms with van der Waals surface area (Å²) in [7, 11) is 0. The number of nitrogen functional groups attached to an aromatic ring is 1. The number of nitrogens with zero attached hydrogens (tertiary/aromatic N) is 4. The number of halogens is 1. The summed E-state index contributed by atoms with van der Waals surface area (Å²) in [6, 6.07) is 0. The number of aryl methyl sites for hydroxylation is 1. The van der Waals surface area contributed by atoms with E-state index < -0.39 is 5.82 Å². The first-order valence-corrected chi connectivity index (χ1v) is 4.46. The van der Waals surface area contributed by atoms with Gasteiger partial charge in [0.25, 0.3) is 0 Å². The van der Waals surface area contributed by atoms with E-state index in [2.05, 4.69) is 25.4 Å². The molecule has 0 saturated carbocycles. The highest BCUT2D eigenvalue weighted by Gasteiger charge is 2.07. The molecule has 0 radical (unpaired) electrons. The van der Waals surface area contributed by atoms with E-state index in [1.165, 1.54) is 0 Å². The number of nitrogens with two attached hydrogens (primary N) is 1. The molecule has 0 saturated heterocycles. The predicted molar refractivity (Wildman–Crippen MR) is 52.8 cm³/mol. The zero-order valence-corrected chi connectivity index (χ0v) is 8.44. The summed E-state index contributed by atoms with van der Waals surface area (Å²) < 4.78 is 17.9. The summed E-state index contributed by atoms with van der Waals surface area (Å²) in [5.74, 6) is 0.270. The van der Waals surface area contributed by atoms with Gasteiger partial charge >= 0.3 is 0 Å². The molecular weight excluding hydrogens is 215 g/mol. The van der Waals surface area contributed by atoms with Crippen molar-refractivity contribution >= 4 is 11.8 Å². The zero-order valence-electron chi connectivity index (χ0n) is 8.44. The third-order valence-corrected chi connectivity index (χ3v) is 1.75. The first-order chi connectivity index (χ1) is 7.65. The Balaban J connectivity index is 2.07. The second-order valence-electron chi connectivity index (χ2n) is 3.01. The number of aromatic nitrogens is 4. The number of nitrogens with one attached hydrogen (secondary N) is 1. The molecule has 84 valence electrons. The van der Waals surface area contributed by atoms with Crippen molar-refractivity contribution in [3.05, 3.63) is 23.7 Å². The maximum absolute atomic E-state index is 13.2. The molecule has 0 amide bonds. The summed E-state index contributed by atoms with van der Waals surface area (Å²) in [4.78, 5) is 11.1. The lowest BCUT2D eigenvalue weighted by Crippen LogP contribution is -2.07.